The highest BCUT2D eigenvalue weighted by atomic mass is 32.2. The Hall–Kier alpha value is -2.93. The standard InChI is InChI=1S/C22H23N5OS/c1-14(2)20-23-19(28-26-20)13-29-22-25-24-21(17-8-6-5-7-9-17)27(22)18-11-10-15(3)16(4)12-18/h5-12,14H,13H2,1-4H3. The summed E-state index contributed by atoms with van der Waals surface area (Å²) in [5.74, 6) is 2.90. The number of nitrogens with zero attached hydrogens (tertiary/aromatic N) is 5. The van der Waals surface area contributed by atoms with Gasteiger partial charge in [-0.15, -0.1) is 10.2 Å². The van der Waals surface area contributed by atoms with Gasteiger partial charge in [0.15, 0.2) is 16.8 Å². The second-order valence-corrected chi connectivity index (χ2v) is 8.21. The molecule has 2 heterocycles. The maximum Gasteiger partial charge on any atom is 0.237 e. The Morgan fingerprint density at radius 2 is 1.79 bits per heavy atom. The first kappa shape index (κ1) is 19.4. The van der Waals surface area contributed by atoms with Crippen molar-refractivity contribution in [2.45, 2.75) is 44.5 Å². The number of rotatable bonds is 6. The largest absolute Gasteiger partial charge is 0.338 e. The minimum atomic E-state index is 0.237. The van der Waals surface area contributed by atoms with E-state index in [0.29, 0.717) is 11.6 Å². The normalized spacial score (nSPS) is 11.3. The van der Waals surface area contributed by atoms with Gasteiger partial charge < -0.3 is 4.52 Å². The molecule has 0 atom stereocenters. The van der Waals surface area contributed by atoms with Gasteiger partial charge in [-0.05, 0) is 37.1 Å². The van der Waals surface area contributed by atoms with Gasteiger partial charge in [-0.25, -0.2) is 0 Å². The van der Waals surface area contributed by atoms with E-state index in [1.165, 1.54) is 22.9 Å². The zero-order chi connectivity index (χ0) is 20.4. The van der Waals surface area contributed by atoms with Gasteiger partial charge in [-0.1, -0.05) is 67.2 Å². The van der Waals surface area contributed by atoms with Gasteiger partial charge in [0.25, 0.3) is 0 Å². The molecule has 2 aromatic carbocycles. The second-order valence-electron chi connectivity index (χ2n) is 7.27. The van der Waals surface area contributed by atoms with E-state index in [-0.39, 0.29) is 5.92 Å². The molecule has 0 bridgehead atoms. The minimum Gasteiger partial charge on any atom is -0.338 e. The molecule has 4 rings (SSSR count). The molecule has 0 unspecified atom stereocenters. The fourth-order valence-electron chi connectivity index (χ4n) is 2.92. The van der Waals surface area contributed by atoms with Gasteiger partial charge in [-0.3, -0.25) is 4.57 Å². The third-order valence-electron chi connectivity index (χ3n) is 4.74. The van der Waals surface area contributed by atoms with Crippen LogP contribution in [0.2, 0.25) is 0 Å². The summed E-state index contributed by atoms with van der Waals surface area (Å²) in [6, 6.07) is 16.5. The summed E-state index contributed by atoms with van der Waals surface area (Å²) in [6.07, 6.45) is 0. The molecular weight excluding hydrogens is 382 g/mol. The number of thioether (sulfide) groups is 1. The lowest BCUT2D eigenvalue weighted by Crippen LogP contribution is -2.01. The summed E-state index contributed by atoms with van der Waals surface area (Å²) in [4.78, 5) is 4.46. The van der Waals surface area contributed by atoms with Crippen LogP contribution in [0.3, 0.4) is 0 Å². The number of hydrogen-bond acceptors (Lipinski definition) is 6. The van der Waals surface area contributed by atoms with Gasteiger partial charge in [0.05, 0.1) is 11.4 Å². The van der Waals surface area contributed by atoms with Crippen LogP contribution in [0.15, 0.2) is 58.2 Å². The summed E-state index contributed by atoms with van der Waals surface area (Å²) in [6.45, 7) is 8.32. The van der Waals surface area contributed by atoms with E-state index in [2.05, 4.69) is 57.0 Å². The third kappa shape index (κ3) is 4.10. The van der Waals surface area contributed by atoms with Crippen LogP contribution in [-0.4, -0.2) is 24.9 Å². The Bertz CT molecular complexity index is 1120. The number of hydrogen-bond donors (Lipinski definition) is 0. The molecular formula is C22H23N5OS. The van der Waals surface area contributed by atoms with Crippen LogP contribution < -0.4 is 0 Å². The van der Waals surface area contributed by atoms with Crippen molar-refractivity contribution >= 4 is 11.8 Å². The van der Waals surface area contributed by atoms with Gasteiger partial charge in [0, 0.05) is 11.5 Å². The highest BCUT2D eigenvalue weighted by Crippen LogP contribution is 2.30. The van der Waals surface area contributed by atoms with Crippen molar-refractivity contribution in [3.8, 4) is 17.1 Å². The first-order valence-corrected chi connectivity index (χ1v) is 10.5. The fraction of sp³-hybridized carbons (Fsp3) is 0.273. The molecule has 6 nitrogen and oxygen atoms in total. The summed E-state index contributed by atoms with van der Waals surface area (Å²) in [5.41, 5.74) is 4.53. The molecule has 0 fully saturated rings. The highest BCUT2D eigenvalue weighted by Gasteiger charge is 2.18. The Balaban J connectivity index is 1.71. The van der Waals surface area contributed by atoms with Crippen LogP contribution >= 0.6 is 11.8 Å². The fourth-order valence-corrected chi connectivity index (χ4v) is 3.71. The lowest BCUT2D eigenvalue weighted by molar-refractivity contribution is 0.382. The predicted octanol–water partition coefficient (Wildman–Crippen LogP) is 5.35. The summed E-state index contributed by atoms with van der Waals surface area (Å²) >= 11 is 1.54. The van der Waals surface area contributed by atoms with Crippen LogP contribution in [0.25, 0.3) is 17.1 Å². The topological polar surface area (TPSA) is 69.6 Å². The average Bonchev–Trinajstić information content (AvgIpc) is 3.36. The molecule has 0 aliphatic carbocycles. The third-order valence-corrected chi connectivity index (χ3v) is 5.65. The maximum absolute atomic E-state index is 5.38. The molecule has 148 valence electrons. The van der Waals surface area contributed by atoms with Gasteiger partial charge in [-0.2, -0.15) is 4.98 Å². The molecule has 0 N–H and O–H groups in total. The summed E-state index contributed by atoms with van der Waals surface area (Å²) in [7, 11) is 0. The van der Waals surface area contributed by atoms with Crippen LogP contribution in [0.5, 0.6) is 0 Å². The van der Waals surface area contributed by atoms with E-state index >= 15 is 0 Å². The smallest absolute Gasteiger partial charge is 0.237 e. The molecule has 29 heavy (non-hydrogen) atoms. The number of benzene rings is 2. The lowest BCUT2D eigenvalue weighted by atomic mass is 10.1. The van der Waals surface area contributed by atoms with E-state index in [1.807, 2.05) is 44.2 Å². The maximum atomic E-state index is 5.38. The van der Waals surface area contributed by atoms with E-state index in [0.717, 1.165) is 28.1 Å². The molecule has 0 aliphatic heterocycles. The molecule has 0 spiro atoms. The number of aromatic nitrogens is 5. The molecule has 0 saturated carbocycles. The van der Waals surface area contributed by atoms with E-state index in [1.54, 1.807) is 0 Å². The minimum absolute atomic E-state index is 0.237. The number of aryl methyl sites for hydroxylation is 2. The van der Waals surface area contributed by atoms with Crippen molar-refractivity contribution in [1.29, 1.82) is 0 Å². The SMILES string of the molecule is Cc1ccc(-n2c(SCc3nc(C(C)C)no3)nnc2-c2ccccc2)cc1C. The van der Waals surface area contributed by atoms with Crippen LogP contribution in [-0.2, 0) is 5.75 Å². The molecule has 7 heteroatoms. The van der Waals surface area contributed by atoms with Crippen LogP contribution in [0, 0.1) is 13.8 Å². The average molecular weight is 406 g/mol. The van der Waals surface area contributed by atoms with E-state index in [4.69, 9.17) is 4.52 Å². The zero-order valence-corrected chi connectivity index (χ0v) is 17.8. The first-order chi connectivity index (χ1) is 14.0. The summed E-state index contributed by atoms with van der Waals surface area (Å²) < 4.78 is 7.47. The molecule has 0 amide bonds. The quantitative estimate of drug-likeness (QED) is 0.403. The molecule has 0 saturated heterocycles. The van der Waals surface area contributed by atoms with Crippen molar-refractivity contribution in [2.24, 2.45) is 0 Å². The van der Waals surface area contributed by atoms with Crippen molar-refractivity contribution in [3.63, 3.8) is 0 Å². The summed E-state index contributed by atoms with van der Waals surface area (Å²) in [5, 5.41) is 13.8. The molecule has 2 aromatic heterocycles. The van der Waals surface area contributed by atoms with E-state index in [9.17, 15) is 0 Å². The van der Waals surface area contributed by atoms with Crippen LogP contribution in [0.4, 0.5) is 0 Å². The Morgan fingerprint density at radius 1 is 1.00 bits per heavy atom. The Labute approximate surface area is 174 Å². The van der Waals surface area contributed by atoms with Gasteiger partial charge in [0.2, 0.25) is 5.89 Å². The highest BCUT2D eigenvalue weighted by molar-refractivity contribution is 7.98. The van der Waals surface area contributed by atoms with Gasteiger partial charge in [0.1, 0.15) is 0 Å². The van der Waals surface area contributed by atoms with E-state index < -0.39 is 0 Å². The Kier molecular flexibility index (Phi) is 5.49. The van der Waals surface area contributed by atoms with Gasteiger partial charge >= 0.3 is 0 Å². The predicted molar refractivity (Wildman–Crippen MR) is 114 cm³/mol. The lowest BCUT2D eigenvalue weighted by Gasteiger charge is -2.12. The zero-order valence-electron chi connectivity index (χ0n) is 17.0. The van der Waals surface area contributed by atoms with Crippen molar-refractivity contribution in [3.05, 3.63) is 71.4 Å². The molecule has 0 aliphatic rings. The van der Waals surface area contributed by atoms with Crippen molar-refractivity contribution < 1.29 is 4.52 Å². The van der Waals surface area contributed by atoms with Crippen molar-refractivity contribution in [2.75, 3.05) is 0 Å². The monoisotopic (exact) mass is 405 g/mol. The van der Waals surface area contributed by atoms with Crippen molar-refractivity contribution in [1.82, 2.24) is 24.9 Å². The molecule has 4 aromatic rings. The second kappa shape index (κ2) is 8.21. The molecule has 0 radical (unpaired) electrons. The van der Waals surface area contributed by atoms with Crippen LogP contribution in [0.1, 0.15) is 42.6 Å². The Morgan fingerprint density at radius 3 is 2.48 bits per heavy atom. The first-order valence-electron chi connectivity index (χ1n) is 9.56.